The van der Waals surface area contributed by atoms with Crippen LogP contribution < -0.4 is 4.90 Å². The molecule has 4 aromatic rings. The Bertz CT molecular complexity index is 1270. The van der Waals surface area contributed by atoms with Gasteiger partial charge in [-0.05, 0) is 34.9 Å². The van der Waals surface area contributed by atoms with E-state index in [0.29, 0.717) is 6.54 Å². The first-order valence-corrected chi connectivity index (χ1v) is 9.98. The Hall–Kier alpha value is -3.65. The lowest BCUT2D eigenvalue weighted by atomic mass is 9.97. The predicted molar refractivity (Wildman–Crippen MR) is 113 cm³/mol. The average molecular weight is 397 g/mol. The van der Waals surface area contributed by atoms with Crippen LogP contribution in [0, 0.1) is 0 Å². The first-order chi connectivity index (χ1) is 14.8. The SMILES string of the molecule is c1nc(C2=NCc3ccc(-c4ccc5nncn5c4)cc32)cc(N2CCOCC2)n1. The van der Waals surface area contributed by atoms with Gasteiger partial charge in [0.2, 0.25) is 0 Å². The van der Waals surface area contributed by atoms with Crippen LogP contribution in [-0.2, 0) is 11.3 Å². The van der Waals surface area contributed by atoms with E-state index in [-0.39, 0.29) is 0 Å². The third kappa shape index (κ3) is 2.93. The number of ether oxygens (including phenoxy) is 1. The zero-order valence-corrected chi connectivity index (χ0v) is 16.3. The third-order valence-electron chi connectivity index (χ3n) is 5.63. The predicted octanol–water partition coefficient (Wildman–Crippen LogP) is 2.37. The number of benzene rings is 1. The van der Waals surface area contributed by atoms with Crippen molar-refractivity contribution >= 4 is 17.2 Å². The molecule has 0 bridgehead atoms. The molecular formula is C22H19N7O. The van der Waals surface area contributed by atoms with Crippen LogP contribution in [-0.4, -0.2) is 56.6 Å². The highest BCUT2D eigenvalue weighted by molar-refractivity contribution is 6.14. The van der Waals surface area contributed by atoms with E-state index in [1.54, 1.807) is 12.7 Å². The Labute approximate surface area is 172 Å². The van der Waals surface area contributed by atoms with Crippen molar-refractivity contribution in [2.45, 2.75) is 6.54 Å². The molecule has 0 atom stereocenters. The number of nitrogens with zero attached hydrogens (tertiary/aromatic N) is 7. The van der Waals surface area contributed by atoms with Crippen LogP contribution in [0.5, 0.6) is 0 Å². The minimum atomic E-state index is 0.673. The number of hydrogen-bond donors (Lipinski definition) is 0. The maximum atomic E-state index is 5.46. The number of rotatable bonds is 3. The van der Waals surface area contributed by atoms with E-state index in [4.69, 9.17) is 9.73 Å². The minimum Gasteiger partial charge on any atom is -0.378 e. The van der Waals surface area contributed by atoms with E-state index in [0.717, 1.165) is 65.9 Å². The summed E-state index contributed by atoms with van der Waals surface area (Å²) in [6, 6.07) is 12.6. The van der Waals surface area contributed by atoms with Crippen molar-refractivity contribution in [2.75, 3.05) is 31.2 Å². The summed E-state index contributed by atoms with van der Waals surface area (Å²) in [7, 11) is 0. The van der Waals surface area contributed by atoms with Crippen LogP contribution in [0.15, 0.2) is 60.2 Å². The maximum Gasteiger partial charge on any atom is 0.160 e. The molecule has 0 aliphatic carbocycles. The Kier molecular flexibility index (Phi) is 4.02. The number of aromatic nitrogens is 5. The highest BCUT2D eigenvalue weighted by Crippen LogP contribution is 2.29. The highest BCUT2D eigenvalue weighted by Gasteiger charge is 2.21. The number of anilines is 1. The summed E-state index contributed by atoms with van der Waals surface area (Å²) in [5, 5.41) is 8.04. The molecule has 3 aromatic heterocycles. The van der Waals surface area contributed by atoms with Crippen LogP contribution >= 0.6 is 0 Å². The fourth-order valence-corrected chi connectivity index (χ4v) is 4.02. The van der Waals surface area contributed by atoms with Gasteiger partial charge in [-0.15, -0.1) is 10.2 Å². The molecule has 6 rings (SSSR count). The molecule has 30 heavy (non-hydrogen) atoms. The number of pyridine rings is 1. The molecule has 0 radical (unpaired) electrons. The Balaban J connectivity index is 1.36. The molecule has 1 fully saturated rings. The Morgan fingerprint density at radius 3 is 2.77 bits per heavy atom. The molecule has 0 amide bonds. The molecule has 2 aliphatic heterocycles. The topological polar surface area (TPSA) is 80.8 Å². The van der Waals surface area contributed by atoms with E-state index in [9.17, 15) is 0 Å². The Morgan fingerprint density at radius 2 is 1.83 bits per heavy atom. The van der Waals surface area contributed by atoms with Crippen molar-refractivity contribution in [3.8, 4) is 11.1 Å². The highest BCUT2D eigenvalue weighted by atomic mass is 16.5. The van der Waals surface area contributed by atoms with Gasteiger partial charge in [-0.3, -0.25) is 9.39 Å². The molecule has 2 aliphatic rings. The van der Waals surface area contributed by atoms with Gasteiger partial charge < -0.3 is 9.64 Å². The lowest BCUT2D eigenvalue weighted by molar-refractivity contribution is 0.122. The van der Waals surface area contributed by atoms with Crippen molar-refractivity contribution in [1.82, 2.24) is 24.6 Å². The van der Waals surface area contributed by atoms with Gasteiger partial charge in [0.05, 0.1) is 31.2 Å². The van der Waals surface area contributed by atoms with Gasteiger partial charge in [0.25, 0.3) is 0 Å². The van der Waals surface area contributed by atoms with Crippen molar-refractivity contribution in [2.24, 2.45) is 4.99 Å². The first kappa shape index (κ1) is 17.2. The summed E-state index contributed by atoms with van der Waals surface area (Å²) in [4.78, 5) is 16.0. The van der Waals surface area contributed by atoms with Crippen molar-refractivity contribution < 1.29 is 4.74 Å². The summed E-state index contributed by atoms with van der Waals surface area (Å²) in [5.41, 5.74) is 7.19. The van der Waals surface area contributed by atoms with Crippen LogP contribution in [0.4, 0.5) is 5.82 Å². The van der Waals surface area contributed by atoms with Crippen LogP contribution in [0.2, 0.25) is 0 Å². The summed E-state index contributed by atoms with van der Waals surface area (Å²) in [6.07, 6.45) is 5.39. The molecular weight excluding hydrogens is 378 g/mol. The molecule has 148 valence electrons. The maximum absolute atomic E-state index is 5.46. The lowest BCUT2D eigenvalue weighted by Gasteiger charge is -2.27. The van der Waals surface area contributed by atoms with E-state index in [2.05, 4.69) is 49.3 Å². The van der Waals surface area contributed by atoms with Crippen molar-refractivity contribution in [3.05, 3.63) is 72.1 Å². The van der Waals surface area contributed by atoms with Crippen LogP contribution in [0.3, 0.4) is 0 Å². The second kappa shape index (κ2) is 7.00. The zero-order chi connectivity index (χ0) is 19.9. The lowest BCUT2D eigenvalue weighted by Crippen LogP contribution is -2.36. The van der Waals surface area contributed by atoms with Gasteiger partial charge in [0.15, 0.2) is 5.65 Å². The summed E-state index contributed by atoms with van der Waals surface area (Å²) < 4.78 is 7.38. The molecule has 0 N–H and O–H groups in total. The number of hydrogen-bond acceptors (Lipinski definition) is 7. The third-order valence-corrected chi connectivity index (χ3v) is 5.63. The van der Waals surface area contributed by atoms with Crippen LogP contribution in [0.1, 0.15) is 16.8 Å². The van der Waals surface area contributed by atoms with E-state index in [1.165, 1.54) is 5.56 Å². The largest absolute Gasteiger partial charge is 0.378 e. The van der Waals surface area contributed by atoms with Gasteiger partial charge >= 0.3 is 0 Å². The smallest absolute Gasteiger partial charge is 0.160 e. The van der Waals surface area contributed by atoms with Gasteiger partial charge in [-0.25, -0.2) is 9.97 Å². The molecule has 5 heterocycles. The number of fused-ring (bicyclic) bond motifs is 2. The number of morpholine rings is 1. The second-order valence-electron chi connectivity index (χ2n) is 7.41. The van der Waals surface area contributed by atoms with Gasteiger partial charge in [-0.1, -0.05) is 12.1 Å². The quantitative estimate of drug-likeness (QED) is 0.528. The number of aliphatic imine (C=N–C) groups is 1. The van der Waals surface area contributed by atoms with E-state index < -0.39 is 0 Å². The zero-order valence-electron chi connectivity index (χ0n) is 16.3. The molecule has 1 aromatic carbocycles. The standard InChI is InChI=1S/C22H19N7O/c1-2-16-11-23-22(19-10-21(25-13-24-19)28-5-7-30-8-6-28)18(16)9-15(1)17-3-4-20-27-26-14-29(20)12-17/h1-4,9-10,12-14H,5-8,11H2. The van der Waals surface area contributed by atoms with Crippen LogP contribution in [0.25, 0.3) is 16.8 Å². The van der Waals surface area contributed by atoms with Gasteiger partial charge in [0.1, 0.15) is 18.5 Å². The fraction of sp³-hybridized carbons (Fsp3) is 0.227. The summed E-state index contributed by atoms with van der Waals surface area (Å²) >= 11 is 0. The Morgan fingerprint density at radius 1 is 0.933 bits per heavy atom. The fourth-order valence-electron chi connectivity index (χ4n) is 4.02. The summed E-state index contributed by atoms with van der Waals surface area (Å²) in [5.74, 6) is 0.925. The van der Waals surface area contributed by atoms with Gasteiger partial charge in [0, 0.05) is 30.9 Å². The first-order valence-electron chi connectivity index (χ1n) is 9.98. The van der Waals surface area contributed by atoms with Gasteiger partial charge in [-0.2, -0.15) is 0 Å². The molecule has 8 nitrogen and oxygen atoms in total. The molecule has 0 saturated carbocycles. The molecule has 8 heteroatoms. The molecule has 0 unspecified atom stereocenters. The van der Waals surface area contributed by atoms with Crippen molar-refractivity contribution in [3.63, 3.8) is 0 Å². The normalized spacial score (nSPS) is 16.0. The molecule has 0 spiro atoms. The van der Waals surface area contributed by atoms with E-state index >= 15 is 0 Å². The van der Waals surface area contributed by atoms with E-state index in [1.807, 2.05) is 22.7 Å². The second-order valence-corrected chi connectivity index (χ2v) is 7.41. The average Bonchev–Trinajstić information content (AvgIpc) is 3.45. The van der Waals surface area contributed by atoms with Crippen molar-refractivity contribution in [1.29, 1.82) is 0 Å². The monoisotopic (exact) mass is 397 g/mol. The summed E-state index contributed by atoms with van der Waals surface area (Å²) in [6.45, 7) is 3.81. The molecule has 1 saturated heterocycles. The minimum absolute atomic E-state index is 0.673.